The van der Waals surface area contributed by atoms with E-state index in [4.69, 9.17) is 0 Å². The van der Waals surface area contributed by atoms with Crippen molar-refractivity contribution in [1.29, 1.82) is 0 Å². The van der Waals surface area contributed by atoms with E-state index in [1.54, 1.807) is 0 Å². The van der Waals surface area contributed by atoms with Crippen LogP contribution in [0.5, 0.6) is 0 Å². The summed E-state index contributed by atoms with van der Waals surface area (Å²) in [6.45, 7) is 0. The van der Waals surface area contributed by atoms with Gasteiger partial charge in [-0.3, -0.25) is 0 Å². The molecule has 16 heteroatoms. The molecule has 0 aromatic carbocycles. The molecule has 0 spiro atoms. The van der Waals surface area contributed by atoms with E-state index in [-0.39, 0.29) is 0 Å². The third kappa shape index (κ3) is 1.75. The van der Waals surface area contributed by atoms with Gasteiger partial charge in [-0.15, -0.1) is 0 Å². The number of halogens is 16. The molecular weight excluding hydrogens is 461 g/mol. The van der Waals surface area contributed by atoms with Crippen LogP contribution >= 0.6 is 15.9 Å². The lowest BCUT2D eigenvalue weighted by Gasteiger charge is -2.55. The first-order valence-electron chi connectivity index (χ1n) is 5.02. The summed E-state index contributed by atoms with van der Waals surface area (Å²) < 4.78 is 187. The molecule has 144 valence electrons. The topological polar surface area (TPSA) is 0 Å². The second-order valence-corrected chi connectivity index (χ2v) is 5.70. The fraction of sp³-hybridized carbons (Fsp3) is 1.00. The second-order valence-electron chi connectivity index (χ2n) is 4.60. The lowest BCUT2D eigenvalue weighted by molar-refractivity contribution is -0.491. The summed E-state index contributed by atoms with van der Waals surface area (Å²) >= 11 is 0.436. The van der Waals surface area contributed by atoms with Crippen molar-refractivity contribution < 1.29 is 65.9 Å². The minimum atomic E-state index is -8.22. The molecule has 0 amide bonds. The minimum absolute atomic E-state index is 0.436. The van der Waals surface area contributed by atoms with Crippen molar-refractivity contribution >= 4 is 15.9 Å². The molecule has 0 heterocycles. The van der Waals surface area contributed by atoms with Gasteiger partial charge in [0.1, 0.15) is 0 Å². The normalized spacial score (nSPS) is 38.0. The largest absolute Gasteiger partial charge is 0.457 e. The zero-order valence-electron chi connectivity index (χ0n) is 10.0. The summed E-state index contributed by atoms with van der Waals surface area (Å²) in [7, 11) is 0. The van der Waals surface area contributed by atoms with Crippen LogP contribution < -0.4 is 0 Å². The molecule has 0 atom stereocenters. The zero-order valence-corrected chi connectivity index (χ0v) is 11.6. The lowest BCUT2D eigenvalue weighted by atomic mass is 9.70. The standard InChI is InChI=1S/C8BrF15/c9-2(11)6(18,19)3(12,13)1(10,4(14,15)7(2,20)21)5(16,17)8(22,23)24. The van der Waals surface area contributed by atoms with Crippen LogP contribution in [0.1, 0.15) is 0 Å². The highest BCUT2D eigenvalue weighted by molar-refractivity contribution is 9.10. The Bertz CT molecular complexity index is 498. The SMILES string of the molecule is FC(F)(F)C(F)(F)C1(F)C(F)(F)C(F)(F)C(F)(Br)C(F)(F)C1(F)F. The van der Waals surface area contributed by atoms with E-state index < -0.39 is 46.0 Å². The van der Waals surface area contributed by atoms with Gasteiger partial charge in [-0.2, -0.15) is 57.1 Å². The molecule has 1 rings (SSSR count). The van der Waals surface area contributed by atoms with Crippen molar-refractivity contribution in [1.82, 2.24) is 0 Å². The van der Waals surface area contributed by atoms with Crippen molar-refractivity contribution in [2.24, 2.45) is 0 Å². The Kier molecular flexibility index (Phi) is 4.10. The molecule has 0 saturated heterocycles. The summed E-state index contributed by atoms with van der Waals surface area (Å²) in [5, 5.41) is 0. The van der Waals surface area contributed by atoms with E-state index in [9.17, 15) is 65.9 Å². The van der Waals surface area contributed by atoms with Crippen LogP contribution in [0.3, 0.4) is 0 Å². The molecule has 0 bridgehead atoms. The van der Waals surface area contributed by atoms with E-state index in [0.717, 1.165) is 0 Å². The maximum atomic E-state index is 13.6. The maximum Gasteiger partial charge on any atom is 0.457 e. The van der Waals surface area contributed by atoms with Crippen molar-refractivity contribution in [2.75, 3.05) is 0 Å². The molecule has 0 nitrogen and oxygen atoms in total. The molecule has 1 aliphatic carbocycles. The average Bonchev–Trinajstić information content (AvgIpc) is 2.33. The van der Waals surface area contributed by atoms with Crippen LogP contribution in [-0.4, -0.2) is 46.0 Å². The molecule has 0 aromatic rings. The van der Waals surface area contributed by atoms with Gasteiger partial charge in [-0.25, -0.2) is 8.78 Å². The van der Waals surface area contributed by atoms with E-state index >= 15 is 0 Å². The van der Waals surface area contributed by atoms with Gasteiger partial charge in [0.2, 0.25) is 0 Å². The third-order valence-corrected chi connectivity index (χ3v) is 4.23. The monoisotopic (exact) mass is 460 g/mol. The predicted octanol–water partition coefficient (Wildman–Crippen LogP) is 5.51. The average molecular weight is 461 g/mol. The molecule has 24 heavy (non-hydrogen) atoms. The summed E-state index contributed by atoms with van der Waals surface area (Å²) in [5.41, 5.74) is -8.22. The first-order valence-corrected chi connectivity index (χ1v) is 5.82. The number of alkyl halides is 16. The molecule has 1 aliphatic rings. The molecular formula is C8BrF15. The Labute approximate surface area is 129 Å². The summed E-state index contributed by atoms with van der Waals surface area (Å²) in [5.74, 6) is -38.9. The maximum absolute atomic E-state index is 13.6. The van der Waals surface area contributed by atoms with Gasteiger partial charge in [-0.1, -0.05) is 0 Å². The van der Waals surface area contributed by atoms with Gasteiger partial charge in [0.25, 0.3) is 0 Å². The van der Waals surface area contributed by atoms with Crippen LogP contribution in [0.15, 0.2) is 0 Å². The Morgan fingerprint density at radius 2 is 0.750 bits per heavy atom. The Morgan fingerprint density at radius 1 is 0.500 bits per heavy atom. The van der Waals surface area contributed by atoms with Crippen molar-refractivity contribution in [3.8, 4) is 0 Å². The summed E-state index contributed by atoms with van der Waals surface area (Å²) in [6.07, 6.45) is -7.73. The first-order chi connectivity index (χ1) is 10.0. The van der Waals surface area contributed by atoms with Gasteiger partial charge in [0, 0.05) is 0 Å². The Hall–Kier alpha value is -0.570. The lowest BCUT2D eigenvalue weighted by Crippen LogP contribution is -2.88. The van der Waals surface area contributed by atoms with Crippen molar-refractivity contribution in [2.45, 2.75) is 46.0 Å². The highest BCUT2D eigenvalue weighted by atomic mass is 79.9. The molecule has 1 fully saturated rings. The van der Waals surface area contributed by atoms with E-state index in [0.29, 0.717) is 15.9 Å². The van der Waals surface area contributed by atoms with E-state index in [1.807, 2.05) is 0 Å². The summed E-state index contributed by atoms with van der Waals surface area (Å²) in [4.78, 5) is 0. The third-order valence-electron chi connectivity index (χ3n) is 3.23. The zero-order chi connectivity index (χ0) is 20.0. The smallest absolute Gasteiger partial charge is 0.223 e. The van der Waals surface area contributed by atoms with Crippen LogP contribution in [0.2, 0.25) is 0 Å². The van der Waals surface area contributed by atoms with E-state index in [2.05, 4.69) is 0 Å². The summed E-state index contributed by atoms with van der Waals surface area (Å²) in [6, 6.07) is 0. The molecule has 0 radical (unpaired) electrons. The van der Waals surface area contributed by atoms with Gasteiger partial charge < -0.3 is 0 Å². The van der Waals surface area contributed by atoms with Crippen LogP contribution in [-0.2, 0) is 0 Å². The van der Waals surface area contributed by atoms with Crippen molar-refractivity contribution in [3.05, 3.63) is 0 Å². The van der Waals surface area contributed by atoms with Crippen molar-refractivity contribution in [3.63, 3.8) is 0 Å². The second kappa shape index (κ2) is 4.58. The first kappa shape index (κ1) is 21.5. The highest BCUT2D eigenvalue weighted by Crippen LogP contribution is 2.74. The molecule has 0 aromatic heterocycles. The fourth-order valence-corrected chi connectivity index (χ4v) is 2.31. The quantitative estimate of drug-likeness (QED) is 0.357. The fourth-order valence-electron chi connectivity index (χ4n) is 1.81. The van der Waals surface area contributed by atoms with Gasteiger partial charge >= 0.3 is 46.0 Å². The van der Waals surface area contributed by atoms with Crippen LogP contribution in [0.4, 0.5) is 65.9 Å². The van der Waals surface area contributed by atoms with Gasteiger partial charge in [0.15, 0.2) is 0 Å². The Balaban J connectivity index is 4.04. The number of hydrogen-bond acceptors (Lipinski definition) is 0. The molecule has 0 N–H and O–H groups in total. The number of hydrogen-bond donors (Lipinski definition) is 0. The van der Waals surface area contributed by atoms with Gasteiger partial charge in [0.05, 0.1) is 0 Å². The predicted molar refractivity (Wildman–Crippen MR) is 47.4 cm³/mol. The minimum Gasteiger partial charge on any atom is -0.223 e. The number of rotatable bonds is 1. The molecule has 0 aliphatic heterocycles. The molecule has 0 unspecified atom stereocenters. The van der Waals surface area contributed by atoms with Crippen LogP contribution in [0, 0.1) is 0 Å². The van der Waals surface area contributed by atoms with Crippen LogP contribution in [0.25, 0.3) is 0 Å². The van der Waals surface area contributed by atoms with E-state index in [1.165, 1.54) is 0 Å². The Morgan fingerprint density at radius 3 is 0.958 bits per heavy atom. The van der Waals surface area contributed by atoms with Gasteiger partial charge in [-0.05, 0) is 15.9 Å². The molecule has 1 saturated carbocycles. The highest BCUT2D eigenvalue weighted by Gasteiger charge is 3.05.